The molecule has 1 atom stereocenters. The highest BCUT2D eigenvalue weighted by Gasteiger charge is 2.40. The van der Waals surface area contributed by atoms with Crippen molar-refractivity contribution in [3.8, 4) is 5.88 Å². The third-order valence-electron chi connectivity index (χ3n) is 3.51. The van der Waals surface area contributed by atoms with Gasteiger partial charge in [-0.05, 0) is 25.3 Å². The molecular formula is C13H17N3O2. The van der Waals surface area contributed by atoms with Gasteiger partial charge < -0.3 is 15.0 Å². The number of likely N-dealkylation sites (tertiary alicyclic amines) is 1. The average Bonchev–Trinajstić information content (AvgIpc) is 3.17. The molecule has 2 heterocycles. The van der Waals surface area contributed by atoms with Crippen LogP contribution < -0.4 is 10.1 Å². The summed E-state index contributed by atoms with van der Waals surface area (Å²) in [6.45, 7) is 0.880. The van der Waals surface area contributed by atoms with Crippen molar-refractivity contribution >= 4 is 11.6 Å². The number of hydrogen-bond donors (Lipinski definition) is 1. The highest BCUT2D eigenvalue weighted by atomic mass is 16.5. The Balaban J connectivity index is 1.63. The van der Waals surface area contributed by atoms with Crippen molar-refractivity contribution in [3.05, 3.63) is 18.3 Å². The van der Waals surface area contributed by atoms with Crippen molar-refractivity contribution in [3.63, 3.8) is 0 Å². The second-order valence-corrected chi connectivity index (χ2v) is 4.84. The van der Waals surface area contributed by atoms with Crippen LogP contribution in [0.4, 0.5) is 5.69 Å². The first-order chi connectivity index (χ1) is 8.78. The molecule has 5 nitrogen and oxygen atoms in total. The first-order valence-electron chi connectivity index (χ1n) is 6.35. The second-order valence-electron chi connectivity index (χ2n) is 4.84. The molecule has 1 amide bonds. The SMILES string of the molecule is COc1ccc(N[C@H]2CCN(C3CC3)C2=O)cn1. The maximum absolute atomic E-state index is 12.1. The number of aromatic nitrogens is 1. The molecule has 3 rings (SSSR count). The van der Waals surface area contributed by atoms with E-state index in [0.29, 0.717) is 11.9 Å². The van der Waals surface area contributed by atoms with Crippen LogP contribution in [0.15, 0.2) is 18.3 Å². The Morgan fingerprint density at radius 1 is 1.39 bits per heavy atom. The van der Waals surface area contributed by atoms with E-state index in [-0.39, 0.29) is 11.9 Å². The summed E-state index contributed by atoms with van der Waals surface area (Å²) in [6.07, 6.45) is 4.92. The van der Waals surface area contributed by atoms with Gasteiger partial charge in [0.2, 0.25) is 11.8 Å². The lowest BCUT2D eigenvalue weighted by Crippen LogP contribution is -2.34. The summed E-state index contributed by atoms with van der Waals surface area (Å²) < 4.78 is 5.00. The van der Waals surface area contributed by atoms with E-state index in [1.165, 1.54) is 12.8 Å². The molecule has 1 saturated heterocycles. The summed E-state index contributed by atoms with van der Waals surface area (Å²) in [6, 6.07) is 4.10. The predicted molar refractivity (Wildman–Crippen MR) is 67.6 cm³/mol. The molecule has 0 bridgehead atoms. The molecule has 2 fully saturated rings. The molecule has 0 radical (unpaired) electrons. The van der Waals surface area contributed by atoms with Crippen molar-refractivity contribution in [2.75, 3.05) is 19.0 Å². The zero-order valence-corrected chi connectivity index (χ0v) is 10.4. The van der Waals surface area contributed by atoms with Gasteiger partial charge in [0.25, 0.3) is 0 Å². The largest absolute Gasteiger partial charge is 0.481 e. The fourth-order valence-corrected chi connectivity index (χ4v) is 2.37. The van der Waals surface area contributed by atoms with Crippen molar-refractivity contribution in [2.45, 2.75) is 31.3 Å². The van der Waals surface area contributed by atoms with Crippen LogP contribution in [0.5, 0.6) is 5.88 Å². The van der Waals surface area contributed by atoms with Crippen molar-refractivity contribution in [1.29, 1.82) is 0 Å². The zero-order chi connectivity index (χ0) is 12.5. The molecular weight excluding hydrogens is 230 g/mol. The van der Waals surface area contributed by atoms with Gasteiger partial charge in [-0.3, -0.25) is 4.79 Å². The van der Waals surface area contributed by atoms with Crippen LogP contribution >= 0.6 is 0 Å². The van der Waals surface area contributed by atoms with E-state index in [9.17, 15) is 4.79 Å². The molecule has 1 N–H and O–H groups in total. The maximum atomic E-state index is 12.1. The summed E-state index contributed by atoms with van der Waals surface area (Å²) >= 11 is 0. The molecule has 96 valence electrons. The quantitative estimate of drug-likeness (QED) is 0.870. The van der Waals surface area contributed by atoms with Gasteiger partial charge in [-0.2, -0.15) is 0 Å². The van der Waals surface area contributed by atoms with E-state index in [2.05, 4.69) is 10.3 Å². The fraction of sp³-hybridized carbons (Fsp3) is 0.538. The molecule has 1 aliphatic carbocycles. The van der Waals surface area contributed by atoms with E-state index in [1.54, 1.807) is 19.4 Å². The lowest BCUT2D eigenvalue weighted by molar-refractivity contribution is -0.128. The Morgan fingerprint density at radius 3 is 2.83 bits per heavy atom. The average molecular weight is 247 g/mol. The molecule has 0 aromatic carbocycles. The Kier molecular flexibility index (Phi) is 2.81. The van der Waals surface area contributed by atoms with Gasteiger partial charge >= 0.3 is 0 Å². The smallest absolute Gasteiger partial charge is 0.245 e. The molecule has 5 heteroatoms. The highest BCUT2D eigenvalue weighted by Crippen LogP contribution is 2.31. The lowest BCUT2D eigenvalue weighted by atomic mass is 10.2. The number of amides is 1. The number of methoxy groups -OCH3 is 1. The normalized spacial score (nSPS) is 23.3. The number of carbonyl (C=O) groups excluding carboxylic acids is 1. The Bertz CT molecular complexity index is 442. The van der Waals surface area contributed by atoms with Crippen LogP contribution in [-0.2, 0) is 4.79 Å². The van der Waals surface area contributed by atoms with Gasteiger partial charge in [0.1, 0.15) is 6.04 Å². The summed E-state index contributed by atoms with van der Waals surface area (Å²) in [7, 11) is 1.59. The molecule has 0 unspecified atom stereocenters. The van der Waals surface area contributed by atoms with Gasteiger partial charge in [-0.1, -0.05) is 0 Å². The molecule has 1 aromatic rings. The third-order valence-corrected chi connectivity index (χ3v) is 3.51. The van der Waals surface area contributed by atoms with E-state index >= 15 is 0 Å². The standard InChI is InChI=1S/C13H17N3O2/c1-18-12-5-2-9(8-14-12)15-11-6-7-16(13(11)17)10-3-4-10/h2,5,8,10-11,15H,3-4,6-7H2,1H3/t11-/m0/s1. The van der Waals surface area contributed by atoms with Crippen LogP contribution in [0.25, 0.3) is 0 Å². The van der Waals surface area contributed by atoms with Crippen molar-refractivity contribution in [2.24, 2.45) is 0 Å². The number of nitrogens with one attached hydrogen (secondary N) is 1. The number of nitrogens with zero attached hydrogens (tertiary/aromatic N) is 2. The predicted octanol–water partition coefficient (Wildman–Crippen LogP) is 1.27. The zero-order valence-electron chi connectivity index (χ0n) is 10.4. The second kappa shape index (κ2) is 4.48. The maximum Gasteiger partial charge on any atom is 0.245 e. The van der Waals surface area contributed by atoms with Crippen LogP contribution in [0.1, 0.15) is 19.3 Å². The number of hydrogen-bond acceptors (Lipinski definition) is 4. The highest BCUT2D eigenvalue weighted by molar-refractivity contribution is 5.87. The molecule has 2 aliphatic rings. The first-order valence-corrected chi connectivity index (χ1v) is 6.35. The van der Waals surface area contributed by atoms with E-state index in [4.69, 9.17) is 4.74 Å². The number of pyridine rings is 1. The van der Waals surface area contributed by atoms with Crippen molar-refractivity contribution < 1.29 is 9.53 Å². The van der Waals surface area contributed by atoms with Crippen LogP contribution in [-0.4, -0.2) is 41.5 Å². The molecule has 18 heavy (non-hydrogen) atoms. The Labute approximate surface area is 106 Å². The van der Waals surface area contributed by atoms with E-state index in [0.717, 1.165) is 18.7 Å². The molecule has 1 aliphatic heterocycles. The monoisotopic (exact) mass is 247 g/mol. The Morgan fingerprint density at radius 2 is 2.22 bits per heavy atom. The number of ether oxygens (including phenoxy) is 1. The minimum Gasteiger partial charge on any atom is -0.481 e. The summed E-state index contributed by atoms with van der Waals surface area (Å²) in [5, 5.41) is 3.25. The minimum absolute atomic E-state index is 0.0965. The van der Waals surface area contributed by atoms with E-state index in [1.807, 2.05) is 11.0 Å². The summed E-state index contributed by atoms with van der Waals surface area (Å²) in [4.78, 5) is 18.3. The van der Waals surface area contributed by atoms with Crippen LogP contribution in [0.2, 0.25) is 0 Å². The fourth-order valence-electron chi connectivity index (χ4n) is 2.37. The molecule has 1 saturated carbocycles. The topological polar surface area (TPSA) is 54.5 Å². The minimum atomic E-state index is -0.0965. The van der Waals surface area contributed by atoms with Crippen molar-refractivity contribution in [1.82, 2.24) is 9.88 Å². The van der Waals surface area contributed by atoms with E-state index < -0.39 is 0 Å². The van der Waals surface area contributed by atoms with Gasteiger partial charge in [-0.25, -0.2) is 4.98 Å². The Hall–Kier alpha value is -1.78. The van der Waals surface area contributed by atoms with Gasteiger partial charge in [-0.15, -0.1) is 0 Å². The van der Waals surface area contributed by atoms with Crippen LogP contribution in [0.3, 0.4) is 0 Å². The molecule has 0 spiro atoms. The third kappa shape index (κ3) is 2.12. The number of rotatable bonds is 4. The number of carbonyl (C=O) groups is 1. The lowest BCUT2D eigenvalue weighted by Gasteiger charge is -2.16. The van der Waals surface area contributed by atoms with Gasteiger partial charge in [0.15, 0.2) is 0 Å². The van der Waals surface area contributed by atoms with Crippen LogP contribution in [0, 0.1) is 0 Å². The summed E-state index contributed by atoms with van der Waals surface area (Å²) in [5.74, 6) is 0.811. The number of anilines is 1. The summed E-state index contributed by atoms with van der Waals surface area (Å²) in [5.41, 5.74) is 0.867. The van der Waals surface area contributed by atoms with Gasteiger partial charge in [0, 0.05) is 18.7 Å². The first kappa shape index (κ1) is 11.3. The molecule has 1 aromatic heterocycles. The van der Waals surface area contributed by atoms with Gasteiger partial charge in [0.05, 0.1) is 19.0 Å².